The highest BCUT2D eigenvalue weighted by molar-refractivity contribution is 5.73. The average molecular weight is 228 g/mol. The number of amides is 1. The van der Waals surface area contributed by atoms with Crippen LogP contribution in [0, 0.1) is 0 Å². The molecule has 2 saturated heterocycles. The Labute approximate surface area is 93.6 Å². The molecule has 2 atom stereocenters. The fourth-order valence-electron chi connectivity index (χ4n) is 2.28. The van der Waals surface area contributed by atoms with Crippen LogP contribution in [0.4, 0.5) is 4.79 Å². The normalized spacial score (nSPS) is 30.9. The monoisotopic (exact) mass is 228 g/mol. The zero-order valence-corrected chi connectivity index (χ0v) is 9.02. The highest BCUT2D eigenvalue weighted by atomic mass is 16.6. The zero-order chi connectivity index (χ0) is 11.5. The molecule has 0 spiro atoms. The van der Waals surface area contributed by atoms with Gasteiger partial charge in [-0.05, 0) is 19.4 Å². The van der Waals surface area contributed by atoms with Crippen LogP contribution in [0.2, 0.25) is 0 Å². The van der Waals surface area contributed by atoms with Crippen molar-refractivity contribution in [2.24, 2.45) is 0 Å². The van der Waals surface area contributed by atoms with Gasteiger partial charge in [0, 0.05) is 6.54 Å². The molecule has 2 fully saturated rings. The topological polar surface area (TPSA) is 78.9 Å². The second kappa shape index (κ2) is 4.69. The number of carboxylic acid groups (broad SMARTS) is 1. The number of carboxylic acids is 1. The smallest absolute Gasteiger partial charge is 0.407 e. The van der Waals surface area contributed by atoms with Crippen LogP contribution >= 0.6 is 0 Å². The molecule has 2 N–H and O–H groups in total. The average Bonchev–Trinajstić information content (AvgIpc) is 2.64. The lowest BCUT2D eigenvalue weighted by Gasteiger charge is -2.33. The number of alkyl carbamates (subject to hydrolysis) is 1. The maximum absolute atomic E-state index is 11.0. The summed E-state index contributed by atoms with van der Waals surface area (Å²) in [6.45, 7) is 1.75. The predicted molar refractivity (Wildman–Crippen MR) is 55.1 cm³/mol. The fraction of sp³-hybridized carbons (Fsp3) is 0.800. The number of carbonyl (C=O) groups is 2. The Morgan fingerprint density at radius 1 is 1.56 bits per heavy atom. The van der Waals surface area contributed by atoms with Gasteiger partial charge in [0.25, 0.3) is 0 Å². The summed E-state index contributed by atoms with van der Waals surface area (Å²) in [5.74, 6) is -0.781. The third-order valence-electron chi connectivity index (χ3n) is 3.08. The third kappa shape index (κ3) is 2.44. The molecule has 6 heteroatoms. The van der Waals surface area contributed by atoms with Gasteiger partial charge in [-0.2, -0.15) is 0 Å². The van der Waals surface area contributed by atoms with Crippen molar-refractivity contribution in [3.8, 4) is 0 Å². The molecule has 0 aromatic rings. The van der Waals surface area contributed by atoms with E-state index in [-0.39, 0.29) is 6.10 Å². The summed E-state index contributed by atoms with van der Waals surface area (Å²) < 4.78 is 5.01. The van der Waals surface area contributed by atoms with Crippen molar-refractivity contribution in [1.82, 2.24) is 10.2 Å². The van der Waals surface area contributed by atoms with Gasteiger partial charge in [0.15, 0.2) is 0 Å². The molecule has 0 saturated carbocycles. The first-order valence-electron chi connectivity index (χ1n) is 5.58. The summed E-state index contributed by atoms with van der Waals surface area (Å²) >= 11 is 0. The second-order valence-corrected chi connectivity index (χ2v) is 4.25. The van der Waals surface area contributed by atoms with Gasteiger partial charge in [-0.1, -0.05) is 6.42 Å². The lowest BCUT2D eigenvalue weighted by Crippen LogP contribution is -2.48. The van der Waals surface area contributed by atoms with Crippen LogP contribution in [0.15, 0.2) is 0 Å². The molecule has 6 nitrogen and oxygen atoms in total. The van der Waals surface area contributed by atoms with E-state index < -0.39 is 18.1 Å². The van der Waals surface area contributed by atoms with Crippen molar-refractivity contribution in [3.05, 3.63) is 0 Å². The maximum Gasteiger partial charge on any atom is 0.407 e. The number of rotatable bonds is 3. The number of hydrogen-bond acceptors (Lipinski definition) is 4. The molecule has 2 rings (SSSR count). The first kappa shape index (κ1) is 11.2. The highest BCUT2D eigenvalue weighted by Gasteiger charge is 2.32. The number of hydrogen-bond donors (Lipinski definition) is 2. The molecule has 0 aromatic carbocycles. The molecule has 0 bridgehead atoms. The van der Waals surface area contributed by atoms with E-state index in [9.17, 15) is 9.59 Å². The molecule has 2 aliphatic heterocycles. The summed E-state index contributed by atoms with van der Waals surface area (Å²) in [6.07, 6.45) is 2.03. The van der Waals surface area contributed by atoms with Gasteiger partial charge in [0.05, 0.1) is 6.54 Å². The summed E-state index contributed by atoms with van der Waals surface area (Å²) in [5.41, 5.74) is 0. The molecule has 0 aromatic heterocycles. The number of nitrogens with zero attached hydrogens (tertiary/aromatic N) is 1. The number of aliphatic carboxylic acids is 1. The fourth-order valence-corrected chi connectivity index (χ4v) is 2.28. The molecule has 0 aliphatic carbocycles. The van der Waals surface area contributed by atoms with Gasteiger partial charge in [-0.15, -0.1) is 0 Å². The summed E-state index contributed by atoms with van der Waals surface area (Å²) in [6, 6.07) is -0.423. The molecule has 2 unspecified atom stereocenters. The molecule has 2 aliphatic rings. The SMILES string of the molecule is O=C1NCC(CN2CCCCC2C(=O)O)O1. The van der Waals surface area contributed by atoms with Crippen LogP contribution in [0.25, 0.3) is 0 Å². The van der Waals surface area contributed by atoms with Crippen LogP contribution < -0.4 is 5.32 Å². The number of likely N-dealkylation sites (tertiary alicyclic amines) is 1. The third-order valence-corrected chi connectivity index (χ3v) is 3.08. The van der Waals surface area contributed by atoms with Gasteiger partial charge in [-0.25, -0.2) is 4.79 Å². The Balaban J connectivity index is 1.91. The molecule has 90 valence electrons. The van der Waals surface area contributed by atoms with Crippen LogP contribution in [-0.2, 0) is 9.53 Å². The van der Waals surface area contributed by atoms with E-state index >= 15 is 0 Å². The lowest BCUT2D eigenvalue weighted by atomic mass is 10.0. The number of piperidine rings is 1. The Morgan fingerprint density at radius 2 is 2.38 bits per heavy atom. The highest BCUT2D eigenvalue weighted by Crippen LogP contribution is 2.18. The van der Waals surface area contributed by atoms with Crippen molar-refractivity contribution >= 4 is 12.1 Å². The van der Waals surface area contributed by atoms with Gasteiger partial charge in [0.2, 0.25) is 0 Å². The number of ether oxygens (including phenoxy) is 1. The number of carbonyl (C=O) groups excluding carboxylic acids is 1. The first-order valence-corrected chi connectivity index (χ1v) is 5.58. The van der Waals surface area contributed by atoms with E-state index in [2.05, 4.69) is 5.32 Å². The zero-order valence-electron chi connectivity index (χ0n) is 9.02. The summed E-state index contributed by atoms with van der Waals surface area (Å²) in [7, 11) is 0. The predicted octanol–water partition coefficient (Wildman–Crippen LogP) is 0.0339. The second-order valence-electron chi connectivity index (χ2n) is 4.25. The van der Waals surface area contributed by atoms with Gasteiger partial charge >= 0.3 is 12.1 Å². The Morgan fingerprint density at radius 3 is 3.00 bits per heavy atom. The van der Waals surface area contributed by atoms with Gasteiger partial charge in [0.1, 0.15) is 12.1 Å². The van der Waals surface area contributed by atoms with E-state index in [4.69, 9.17) is 9.84 Å². The van der Waals surface area contributed by atoms with E-state index in [0.29, 0.717) is 19.5 Å². The largest absolute Gasteiger partial charge is 0.480 e. The Bertz CT molecular complexity index is 295. The minimum absolute atomic E-state index is 0.215. The number of nitrogens with one attached hydrogen (secondary N) is 1. The summed E-state index contributed by atoms with van der Waals surface area (Å²) in [5, 5.41) is 11.6. The Kier molecular flexibility index (Phi) is 3.28. The minimum Gasteiger partial charge on any atom is -0.480 e. The van der Waals surface area contributed by atoms with Gasteiger partial charge < -0.3 is 15.2 Å². The molecule has 2 heterocycles. The quantitative estimate of drug-likeness (QED) is 0.712. The van der Waals surface area contributed by atoms with E-state index in [0.717, 1.165) is 19.4 Å². The van der Waals surface area contributed by atoms with Crippen molar-refractivity contribution in [1.29, 1.82) is 0 Å². The van der Waals surface area contributed by atoms with Crippen molar-refractivity contribution < 1.29 is 19.4 Å². The van der Waals surface area contributed by atoms with Crippen molar-refractivity contribution in [2.75, 3.05) is 19.6 Å². The molecule has 0 radical (unpaired) electrons. The van der Waals surface area contributed by atoms with Gasteiger partial charge in [-0.3, -0.25) is 9.69 Å². The minimum atomic E-state index is -0.781. The van der Waals surface area contributed by atoms with E-state index in [1.54, 1.807) is 0 Å². The van der Waals surface area contributed by atoms with Crippen LogP contribution in [-0.4, -0.2) is 53.8 Å². The summed E-state index contributed by atoms with van der Waals surface area (Å²) in [4.78, 5) is 23.8. The van der Waals surface area contributed by atoms with Crippen molar-refractivity contribution in [3.63, 3.8) is 0 Å². The molecular weight excluding hydrogens is 212 g/mol. The standard InChI is InChI=1S/C10H16N2O4/c13-9(14)8-3-1-2-4-12(8)6-7-5-11-10(15)16-7/h7-8H,1-6H2,(H,11,15)(H,13,14). The van der Waals surface area contributed by atoms with Crippen LogP contribution in [0.3, 0.4) is 0 Å². The van der Waals surface area contributed by atoms with Crippen molar-refractivity contribution in [2.45, 2.75) is 31.4 Å². The molecule has 1 amide bonds. The molecular formula is C10H16N2O4. The lowest BCUT2D eigenvalue weighted by molar-refractivity contribution is -0.145. The first-order chi connectivity index (χ1) is 7.66. The van der Waals surface area contributed by atoms with Crippen LogP contribution in [0.5, 0.6) is 0 Å². The maximum atomic E-state index is 11.0. The number of cyclic esters (lactones) is 1. The van der Waals surface area contributed by atoms with Crippen LogP contribution in [0.1, 0.15) is 19.3 Å². The van der Waals surface area contributed by atoms with E-state index in [1.807, 2.05) is 4.90 Å². The van der Waals surface area contributed by atoms with E-state index in [1.165, 1.54) is 0 Å². The Hall–Kier alpha value is -1.30. The molecule has 16 heavy (non-hydrogen) atoms.